The number of hydrogen-bond donors (Lipinski definition) is 1. The van der Waals surface area contributed by atoms with Gasteiger partial charge in [0.1, 0.15) is 0 Å². The van der Waals surface area contributed by atoms with Crippen LogP contribution in [0.1, 0.15) is 22.3 Å². The summed E-state index contributed by atoms with van der Waals surface area (Å²) in [6.45, 7) is 2.20. The number of aromatic nitrogens is 4. The Kier molecular flexibility index (Phi) is 4.83. The third-order valence-corrected chi connectivity index (χ3v) is 3.56. The second-order valence-electron chi connectivity index (χ2n) is 5.31. The standard InChI is InChI=1S/C17H19N5O/c23-17(19-7-1-10-21-12-9-18-14-21)16-5-3-15(4-6-16)13-22-11-2-8-20-22/h2-6,8-9,11-12,14H,1,7,10,13H2,(H,19,23). The van der Waals surface area contributed by atoms with Crippen LogP contribution in [0.5, 0.6) is 0 Å². The van der Waals surface area contributed by atoms with E-state index in [1.165, 1.54) is 0 Å². The van der Waals surface area contributed by atoms with Crippen LogP contribution in [0.2, 0.25) is 0 Å². The molecule has 6 nitrogen and oxygen atoms in total. The highest BCUT2D eigenvalue weighted by Crippen LogP contribution is 2.06. The molecule has 0 saturated heterocycles. The summed E-state index contributed by atoms with van der Waals surface area (Å²) in [4.78, 5) is 16.1. The Morgan fingerprint density at radius 2 is 2.00 bits per heavy atom. The fourth-order valence-corrected chi connectivity index (χ4v) is 2.33. The minimum atomic E-state index is -0.0405. The number of benzene rings is 1. The molecule has 1 aromatic carbocycles. The van der Waals surface area contributed by atoms with E-state index in [0.29, 0.717) is 18.7 Å². The van der Waals surface area contributed by atoms with Gasteiger partial charge < -0.3 is 9.88 Å². The summed E-state index contributed by atoms with van der Waals surface area (Å²) in [5, 5.41) is 7.11. The van der Waals surface area contributed by atoms with Gasteiger partial charge in [-0.25, -0.2) is 4.98 Å². The predicted molar refractivity (Wildman–Crippen MR) is 86.9 cm³/mol. The second-order valence-corrected chi connectivity index (χ2v) is 5.31. The molecule has 0 fully saturated rings. The van der Waals surface area contributed by atoms with Crippen LogP contribution < -0.4 is 5.32 Å². The van der Waals surface area contributed by atoms with Gasteiger partial charge in [0.15, 0.2) is 0 Å². The second kappa shape index (κ2) is 7.40. The molecule has 1 amide bonds. The Hall–Kier alpha value is -2.89. The van der Waals surface area contributed by atoms with Crippen LogP contribution in [0.25, 0.3) is 0 Å². The maximum Gasteiger partial charge on any atom is 0.251 e. The Bertz CT molecular complexity index is 717. The van der Waals surface area contributed by atoms with Crippen LogP contribution in [-0.4, -0.2) is 31.8 Å². The molecule has 0 aliphatic heterocycles. The number of aryl methyl sites for hydroxylation is 1. The molecule has 0 bridgehead atoms. The van der Waals surface area contributed by atoms with Gasteiger partial charge in [-0.05, 0) is 30.2 Å². The van der Waals surface area contributed by atoms with Crippen molar-refractivity contribution in [1.82, 2.24) is 24.6 Å². The first kappa shape index (κ1) is 15.0. The van der Waals surface area contributed by atoms with E-state index in [2.05, 4.69) is 15.4 Å². The normalized spacial score (nSPS) is 10.6. The fraction of sp³-hybridized carbons (Fsp3) is 0.235. The Labute approximate surface area is 134 Å². The monoisotopic (exact) mass is 309 g/mol. The molecule has 0 radical (unpaired) electrons. The summed E-state index contributed by atoms with van der Waals surface area (Å²) in [6.07, 6.45) is 10.00. The molecular formula is C17H19N5O. The van der Waals surface area contributed by atoms with Crippen LogP contribution in [0.3, 0.4) is 0 Å². The number of rotatable bonds is 7. The summed E-state index contributed by atoms with van der Waals surface area (Å²) in [5.74, 6) is -0.0405. The van der Waals surface area contributed by atoms with Crippen LogP contribution >= 0.6 is 0 Å². The molecule has 2 aromatic heterocycles. The summed E-state index contributed by atoms with van der Waals surface area (Å²) < 4.78 is 3.85. The third kappa shape index (κ3) is 4.29. The van der Waals surface area contributed by atoms with Gasteiger partial charge >= 0.3 is 0 Å². The van der Waals surface area contributed by atoms with Gasteiger partial charge in [-0.15, -0.1) is 0 Å². The number of imidazole rings is 1. The average molecular weight is 309 g/mol. The molecule has 6 heteroatoms. The highest BCUT2D eigenvalue weighted by molar-refractivity contribution is 5.94. The lowest BCUT2D eigenvalue weighted by molar-refractivity contribution is 0.0952. The number of nitrogens with zero attached hydrogens (tertiary/aromatic N) is 4. The van der Waals surface area contributed by atoms with Crippen molar-refractivity contribution in [3.63, 3.8) is 0 Å². The molecule has 0 aliphatic carbocycles. The van der Waals surface area contributed by atoms with Gasteiger partial charge in [0.2, 0.25) is 0 Å². The lowest BCUT2D eigenvalue weighted by Gasteiger charge is -2.07. The molecule has 1 N–H and O–H groups in total. The van der Waals surface area contributed by atoms with Gasteiger partial charge in [-0.3, -0.25) is 9.48 Å². The molecule has 118 valence electrons. The third-order valence-electron chi connectivity index (χ3n) is 3.56. The highest BCUT2D eigenvalue weighted by atomic mass is 16.1. The van der Waals surface area contributed by atoms with Crippen molar-refractivity contribution in [3.8, 4) is 0 Å². The van der Waals surface area contributed by atoms with E-state index >= 15 is 0 Å². The zero-order valence-electron chi connectivity index (χ0n) is 12.8. The van der Waals surface area contributed by atoms with Crippen molar-refractivity contribution in [2.24, 2.45) is 0 Å². The lowest BCUT2D eigenvalue weighted by atomic mass is 10.1. The maximum atomic E-state index is 12.1. The zero-order chi connectivity index (χ0) is 15.9. The molecule has 23 heavy (non-hydrogen) atoms. The molecule has 0 aliphatic rings. The number of hydrogen-bond acceptors (Lipinski definition) is 3. The molecule has 0 saturated carbocycles. The molecule has 2 heterocycles. The van der Waals surface area contributed by atoms with Crippen LogP contribution in [-0.2, 0) is 13.1 Å². The van der Waals surface area contributed by atoms with E-state index in [4.69, 9.17) is 0 Å². The molecule has 0 spiro atoms. The summed E-state index contributed by atoms with van der Waals surface area (Å²) >= 11 is 0. The van der Waals surface area contributed by atoms with Crippen molar-refractivity contribution in [2.75, 3.05) is 6.54 Å². The van der Waals surface area contributed by atoms with E-state index in [1.54, 1.807) is 18.7 Å². The van der Waals surface area contributed by atoms with Crippen LogP contribution in [0.4, 0.5) is 0 Å². The fourth-order valence-electron chi connectivity index (χ4n) is 2.33. The predicted octanol–water partition coefficient (Wildman–Crippen LogP) is 1.95. The quantitative estimate of drug-likeness (QED) is 0.678. The largest absolute Gasteiger partial charge is 0.352 e. The van der Waals surface area contributed by atoms with E-state index < -0.39 is 0 Å². The Morgan fingerprint density at radius 1 is 1.13 bits per heavy atom. The van der Waals surface area contributed by atoms with Gasteiger partial charge in [-0.2, -0.15) is 5.10 Å². The lowest BCUT2D eigenvalue weighted by Crippen LogP contribution is -2.25. The van der Waals surface area contributed by atoms with Crippen LogP contribution in [0, 0.1) is 0 Å². The van der Waals surface area contributed by atoms with Crippen molar-refractivity contribution < 1.29 is 4.79 Å². The molecule has 0 atom stereocenters. The smallest absolute Gasteiger partial charge is 0.251 e. The Balaban J connectivity index is 1.45. The van der Waals surface area contributed by atoms with Gasteiger partial charge in [0, 0.05) is 43.4 Å². The van der Waals surface area contributed by atoms with E-state index in [1.807, 2.05) is 52.0 Å². The number of amides is 1. The first-order valence-electron chi connectivity index (χ1n) is 7.61. The van der Waals surface area contributed by atoms with Crippen molar-refractivity contribution in [3.05, 3.63) is 72.6 Å². The zero-order valence-corrected chi connectivity index (χ0v) is 12.8. The van der Waals surface area contributed by atoms with Gasteiger partial charge in [0.05, 0.1) is 12.9 Å². The minimum absolute atomic E-state index is 0.0405. The topological polar surface area (TPSA) is 64.7 Å². The SMILES string of the molecule is O=C(NCCCn1ccnc1)c1ccc(Cn2cccn2)cc1. The van der Waals surface area contributed by atoms with E-state index in [0.717, 1.165) is 18.5 Å². The highest BCUT2D eigenvalue weighted by Gasteiger charge is 2.05. The number of nitrogens with one attached hydrogen (secondary N) is 1. The van der Waals surface area contributed by atoms with Crippen LogP contribution in [0.15, 0.2) is 61.4 Å². The van der Waals surface area contributed by atoms with E-state index in [9.17, 15) is 4.79 Å². The van der Waals surface area contributed by atoms with Gasteiger partial charge in [0.25, 0.3) is 5.91 Å². The molecule has 3 rings (SSSR count). The van der Waals surface area contributed by atoms with Gasteiger partial charge in [-0.1, -0.05) is 12.1 Å². The Morgan fingerprint density at radius 3 is 2.70 bits per heavy atom. The average Bonchev–Trinajstić information content (AvgIpc) is 3.26. The number of carbonyl (C=O) groups is 1. The van der Waals surface area contributed by atoms with E-state index in [-0.39, 0.29) is 5.91 Å². The molecule has 0 unspecified atom stereocenters. The summed E-state index contributed by atoms with van der Waals surface area (Å²) in [5.41, 5.74) is 1.79. The summed E-state index contributed by atoms with van der Waals surface area (Å²) in [6, 6.07) is 9.52. The maximum absolute atomic E-state index is 12.1. The molecular weight excluding hydrogens is 290 g/mol. The molecule has 3 aromatic rings. The first-order valence-corrected chi connectivity index (χ1v) is 7.61. The summed E-state index contributed by atoms with van der Waals surface area (Å²) in [7, 11) is 0. The minimum Gasteiger partial charge on any atom is -0.352 e. The van der Waals surface area contributed by atoms with Crippen molar-refractivity contribution in [2.45, 2.75) is 19.5 Å². The first-order chi connectivity index (χ1) is 11.3. The number of carbonyl (C=O) groups excluding carboxylic acids is 1. The van der Waals surface area contributed by atoms with Crippen molar-refractivity contribution >= 4 is 5.91 Å². The van der Waals surface area contributed by atoms with Crippen molar-refractivity contribution in [1.29, 1.82) is 0 Å².